The van der Waals surface area contributed by atoms with Gasteiger partial charge in [-0.3, -0.25) is 0 Å². The minimum Gasteiger partial charge on any atom is -0.508 e. The van der Waals surface area contributed by atoms with E-state index in [0.717, 1.165) is 43.2 Å². The van der Waals surface area contributed by atoms with Crippen molar-refractivity contribution in [2.24, 2.45) is 0 Å². The summed E-state index contributed by atoms with van der Waals surface area (Å²) < 4.78 is 10.9. The Morgan fingerprint density at radius 2 is 1.63 bits per heavy atom. The molecule has 0 bridgehead atoms. The minimum atomic E-state index is 0.155. The molecule has 7 nitrogen and oxygen atoms in total. The fraction of sp³-hybridized carbons (Fsp3) is 0.400. The minimum absolute atomic E-state index is 0.155. The molecule has 4 rings (SSSR count). The van der Waals surface area contributed by atoms with E-state index in [0.29, 0.717) is 37.7 Å². The second-order valence-electron chi connectivity index (χ2n) is 6.58. The van der Waals surface area contributed by atoms with E-state index < -0.39 is 0 Å². The number of anilines is 2. The van der Waals surface area contributed by atoms with Gasteiger partial charge in [-0.15, -0.1) is 0 Å². The zero-order valence-corrected chi connectivity index (χ0v) is 15.1. The first kappa shape index (κ1) is 17.6. The van der Waals surface area contributed by atoms with Gasteiger partial charge in [-0.1, -0.05) is 12.1 Å². The summed E-state index contributed by atoms with van der Waals surface area (Å²) in [5.41, 5.74) is 2.73. The Kier molecular flexibility index (Phi) is 5.10. The van der Waals surface area contributed by atoms with Gasteiger partial charge < -0.3 is 24.4 Å². The maximum absolute atomic E-state index is 9.92. The highest BCUT2D eigenvalue weighted by molar-refractivity contribution is 5.79. The van der Waals surface area contributed by atoms with E-state index in [1.54, 1.807) is 18.2 Å². The Morgan fingerprint density at radius 1 is 0.963 bits per heavy atom. The van der Waals surface area contributed by atoms with E-state index in [1.807, 2.05) is 12.1 Å². The Labute approximate surface area is 158 Å². The zero-order valence-electron chi connectivity index (χ0n) is 15.1. The Hall–Kier alpha value is -2.82. The van der Waals surface area contributed by atoms with Gasteiger partial charge in [0.2, 0.25) is 0 Å². The van der Waals surface area contributed by atoms with Crippen molar-refractivity contribution in [1.29, 1.82) is 5.26 Å². The molecule has 3 heterocycles. The van der Waals surface area contributed by atoms with Crippen molar-refractivity contribution in [3.8, 4) is 23.1 Å². The number of phenols is 1. The van der Waals surface area contributed by atoms with Crippen LogP contribution in [-0.4, -0.2) is 62.7 Å². The Balaban J connectivity index is 1.85. The van der Waals surface area contributed by atoms with E-state index >= 15 is 0 Å². The molecule has 1 N–H and O–H groups in total. The van der Waals surface area contributed by atoms with Gasteiger partial charge in [-0.25, -0.2) is 4.98 Å². The van der Waals surface area contributed by atoms with Crippen LogP contribution in [0.3, 0.4) is 0 Å². The largest absolute Gasteiger partial charge is 0.508 e. The maximum atomic E-state index is 9.92. The molecule has 1 aromatic heterocycles. The number of aromatic hydroxyl groups is 1. The average molecular weight is 366 g/mol. The van der Waals surface area contributed by atoms with Crippen molar-refractivity contribution >= 4 is 11.5 Å². The number of rotatable bonds is 3. The maximum Gasteiger partial charge on any atom is 0.131 e. The highest BCUT2D eigenvalue weighted by Crippen LogP contribution is 2.34. The van der Waals surface area contributed by atoms with Crippen LogP contribution in [0.4, 0.5) is 11.5 Å². The number of phenolic OH excluding ortho intramolecular Hbond substituents is 1. The van der Waals surface area contributed by atoms with Gasteiger partial charge >= 0.3 is 0 Å². The molecule has 0 unspecified atom stereocenters. The van der Waals surface area contributed by atoms with E-state index in [9.17, 15) is 10.4 Å². The van der Waals surface area contributed by atoms with Crippen LogP contribution in [0.2, 0.25) is 0 Å². The first-order valence-corrected chi connectivity index (χ1v) is 9.16. The Morgan fingerprint density at radius 3 is 2.26 bits per heavy atom. The third-order valence-corrected chi connectivity index (χ3v) is 4.90. The summed E-state index contributed by atoms with van der Waals surface area (Å²) in [4.78, 5) is 9.17. The van der Waals surface area contributed by atoms with Crippen LogP contribution in [0.5, 0.6) is 5.75 Å². The van der Waals surface area contributed by atoms with Crippen molar-refractivity contribution in [2.75, 3.05) is 62.4 Å². The molecule has 0 spiro atoms. The molecule has 2 aromatic rings. The third-order valence-electron chi connectivity index (χ3n) is 4.90. The second kappa shape index (κ2) is 7.82. The number of pyridine rings is 1. The number of morpholine rings is 2. The molecule has 27 heavy (non-hydrogen) atoms. The molecule has 0 radical (unpaired) electrons. The van der Waals surface area contributed by atoms with Crippen LogP contribution in [0.15, 0.2) is 30.3 Å². The fourth-order valence-corrected chi connectivity index (χ4v) is 3.50. The summed E-state index contributed by atoms with van der Waals surface area (Å²) in [5.74, 6) is 0.986. The van der Waals surface area contributed by atoms with Crippen molar-refractivity contribution in [1.82, 2.24) is 4.98 Å². The average Bonchev–Trinajstić information content (AvgIpc) is 2.74. The van der Waals surface area contributed by atoms with Crippen LogP contribution in [0.1, 0.15) is 5.56 Å². The molecule has 0 amide bonds. The standard InChI is InChI=1S/C20H22N4O3/c21-14-17-18(23-4-8-26-9-5-23)13-19(24-6-10-27-11-7-24)22-20(17)15-2-1-3-16(25)12-15/h1-3,12-13,25H,4-11H2. The van der Waals surface area contributed by atoms with Crippen molar-refractivity contribution in [3.63, 3.8) is 0 Å². The predicted molar refractivity (Wildman–Crippen MR) is 102 cm³/mol. The molecule has 0 aliphatic carbocycles. The van der Waals surface area contributed by atoms with Crippen molar-refractivity contribution in [3.05, 3.63) is 35.9 Å². The van der Waals surface area contributed by atoms with E-state index in [1.165, 1.54) is 0 Å². The van der Waals surface area contributed by atoms with Crippen LogP contribution in [0.25, 0.3) is 11.3 Å². The van der Waals surface area contributed by atoms with Gasteiger partial charge in [0, 0.05) is 37.8 Å². The number of ether oxygens (including phenoxy) is 2. The van der Waals surface area contributed by atoms with E-state index in [4.69, 9.17) is 14.5 Å². The van der Waals surface area contributed by atoms with Gasteiger partial charge in [-0.2, -0.15) is 5.26 Å². The summed E-state index contributed by atoms with van der Waals surface area (Å²) in [7, 11) is 0. The molecule has 1 aromatic carbocycles. The monoisotopic (exact) mass is 366 g/mol. The van der Waals surface area contributed by atoms with Gasteiger partial charge in [0.05, 0.1) is 37.8 Å². The van der Waals surface area contributed by atoms with Gasteiger partial charge in [0.1, 0.15) is 23.2 Å². The molecular weight excluding hydrogens is 344 g/mol. The molecule has 2 fully saturated rings. The molecule has 0 saturated carbocycles. The van der Waals surface area contributed by atoms with Crippen LogP contribution in [0, 0.1) is 11.3 Å². The predicted octanol–water partition coefficient (Wildman–Crippen LogP) is 2.00. The summed E-state index contributed by atoms with van der Waals surface area (Å²) in [6, 6.07) is 11.2. The lowest BCUT2D eigenvalue weighted by molar-refractivity contribution is 0.122. The van der Waals surface area contributed by atoms with E-state index in [-0.39, 0.29) is 5.75 Å². The smallest absolute Gasteiger partial charge is 0.131 e. The number of benzene rings is 1. The fourth-order valence-electron chi connectivity index (χ4n) is 3.50. The number of nitrogens with zero attached hydrogens (tertiary/aromatic N) is 4. The SMILES string of the molecule is N#Cc1c(N2CCOCC2)cc(N2CCOCC2)nc1-c1cccc(O)c1. The van der Waals surface area contributed by atoms with Crippen LogP contribution < -0.4 is 9.80 Å². The highest BCUT2D eigenvalue weighted by atomic mass is 16.5. The van der Waals surface area contributed by atoms with Crippen LogP contribution in [-0.2, 0) is 9.47 Å². The highest BCUT2D eigenvalue weighted by Gasteiger charge is 2.23. The molecule has 2 aliphatic rings. The van der Waals surface area contributed by atoms with Gasteiger partial charge in [0.15, 0.2) is 0 Å². The first-order valence-electron chi connectivity index (χ1n) is 9.16. The lowest BCUT2D eigenvalue weighted by Gasteiger charge is -2.33. The van der Waals surface area contributed by atoms with Gasteiger partial charge in [0.25, 0.3) is 0 Å². The molecular formula is C20H22N4O3. The van der Waals surface area contributed by atoms with E-state index in [2.05, 4.69) is 15.9 Å². The summed E-state index contributed by atoms with van der Waals surface area (Å²) in [6.45, 7) is 5.61. The zero-order chi connectivity index (χ0) is 18.6. The molecule has 2 saturated heterocycles. The number of hydrogen-bond acceptors (Lipinski definition) is 7. The van der Waals surface area contributed by atoms with Crippen LogP contribution >= 0.6 is 0 Å². The topological polar surface area (TPSA) is 81.9 Å². The third kappa shape index (κ3) is 3.68. The molecule has 7 heteroatoms. The Bertz CT molecular complexity index is 853. The van der Waals surface area contributed by atoms with Crippen molar-refractivity contribution < 1.29 is 14.6 Å². The number of aromatic nitrogens is 1. The number of hydrogen-bond donors (Lipinski definition) is 1. The lowest BCUT2D eigenvalue weighted by Crippen LogP contribution is -2.38. The molecule has 2 aliphatic heterocycles. The summed E-state index contributed by atoms with van der Waals surface area (Å²) in [5, 5.41) is 19.8. The first-order chi connectivity index (χ1) is 13.3. The molecule has 140 valence electrons. The molecule has 0 atom stereocenters. The summed E-state index contributed by atoms with van der Waals surface area (Å²) >= 11 is 0. The lowest BCUT2D eigenvalue weighted by atomic mass is 10.0. The van der Waals surface area contributed by atoms with Gasteiger partial charge in [-0.05, 0) is 12.1 Å². The quantitative estimate of drug-likeness (QED) is 0.890. The van der Waals surface area contributed by atoms with Crippen molar-refractivity contribution in [2.45, 2.75) is 0 Å². The second-order valence-corrected chi connectivity index (χ2v) is 6.58. The normalized spacial score (nSPS) is 17.6. The summed E-state index contributed by atoms with van der Waals surface area (Å²) in [6.07, 6.45) is 0. The number of nitriles is 1.